The second-order valence-electron chi connectivity index (χ2n) is 7.82. The van der Waals surface area contributed by atoms with Gasteiger partial charge in [-0.25, -0.2) is 0 Å². The number of hydrogen-bond donors (Lipinski definition) is 0. The highest BCUT2D eigenvalue weighted by Crippen LogP contribution is 2.40. The summed E-state index contributed by atoms with van der Waals surface area (Å²) in [6, 6.07) is 5.34. The summed E-state index contributed by atoms with van der Waals surface area (Å²) in [5.41, 5.74) is 0.114. The minimum atomic E-state index is -0.505. The van der Waals surface area contributed by atoms with E-state index in [-0.39, 0.29) is 17.8 Å². The Morgan fingerprint density at radius 3 is 2.81 bits per heavy atom. The molecule has 6 nitrogen and oxygen atoms in total. The van der Waals surface area contributed by atoms with Crippen LogP contribution in [0.1, 0.15) is 55.3 Å². The standard InChI is InChI=1S/C21H27NO5/c1-25-15-5-6-17-18(23)14-21(27-19(17)12-15)7-9-22(10-8-21)20(24)13-16-4-2-3-11-26-16/h5-6,12,16H,2-4,7-11,13-14H2,1H3/t16-/m0/s1. The topological polar surface area (TPSA) is 65.1 Å². The molecule has 1 amide bonds. The Kier molecular flexibility index (Phi) is 5.08. The number of amides is 1. The Morgan fingerprint density at radius 1 is 1.30 bits per heavy atom. The first-order valence-electron chi connectivity index (χ1n) is 9.88. The Morgan fingerprint density at radius 2 is 2.11 bits per heavy atom. The maximum Gasteiger partial charge on any atom is 0.225 e. The molecule has 0 aliphatic carbocycles. The summed E-state index contributed by atoms with van der Waals surface area (Å²) in [5, 5.41) is 0. The molecule has 2 saturated heterocycles. The van der Waals surface area contributed by atoms with Crippen LogP contribution in [0.3, 0.4) is 0 Å². The van der Waals surface area contributed by atoms with Crippen LogP contribution in [0, 0.1) is 0 Å². The van der Waals surface area contributed by atoms with Crippen LogP contribution in [0.2, 0.25) is 0 Å². The monoisotopic (exact) mass is 373 g/mol. The van der Waals surface area contributed by atoms with Gasteiger partial charge in [-0.3, -0.25) is 9.59 Å². The normalized spacial score (nSPS) is 24.3. The molecule has 3 aliphatic heterocycles. The summed E-state index contributed by atoms with van der Waals surface area (Å²) in [6.07, 6.45) is 5.45. The highest BCUT2D eigenvalue weighted by molar-refractivity contribution is 6.00. The molecule has 2 fully saturated rings. The van der Waals surface area contributed by atoms with Gasteiger partial charge >= 0.3 is 0 Å². The number of likely N-dealkylation sites (tertiary alicyclic amines) is 1. The van der Waals surface area contributed by atoms with Crippen molar-refractivity contribution >= 4 is 11.7 Å². The molecule has 0 bridgehead atoms. The first-order chi connectivity index (χ1) is 13.1. The number of rotatable bonds is 3. The van der Waals surface area contributed by atoms with Gasteiger partial charge in [0, 0.05) is 38.6 Å². The zero-order valence-corrected chi connectivity index (χ0v) is 15.9. The Hall–Kier alpha value is -2.08. The van der Waals surface area contributed by atoms with Crippen molar-refractivity contribution in [3.8, 4) is 11.5 Å². The number of Topliss-reactive ketones (excluding diaryl/α,β-unsaturated/α-hetero) is 1. The van der Waals surface area contributed by atoms with Gasteiger partial charge < -0.3 is 19.1 Å². The molecule has 0 aromatic heterocycles. The number of benzene rings is 1. The molecule has 3 aliphatic rings. The number of hydrogen-bond acceptors (Lipinski definition) is 5. The van der Waals surface area contributed by atoms with E-state index in [0.29, 0.717) is 55.8 Å². The van der Waals surface area contributed by atoms with E-state index in [9.17, 15) is 9.59 Å². The van der Waals surface area contributed by atoms with Crippen molar-refractivity contribution in [1.29, 1.82) is 0 Å². The van der Waals surface area contributed by atoms with Crippen molar-refractivity contribution in [3.63, 3.8) is 0 Å². The minimum Gasteiger partial charge on any atom is -0.497 e. The van der Waals surface area contributed by atoms with Crippen LogP contribution in [-0.2, 0) is 9.53 Å². The molecule has 1 aromatic rings. The van der Waals surface area contributed by atoms with Gasteiger partial charge in [0.1, 0.15) is 17.1 Å². The molecule has 0 radical (unpaired) electrons. The summed E-state index contributed by atoms with van der Waals surface area (Å²) in [7, 11) is 1.60. The fourth-order valence-corrected chi connectivity index (χ4v) is 4.34. The van der Waals surface area contributed by atoms with Crippen molar-refractivity contribution in [2.45, 2.75) is 56.7 Å². The molecular weight excluding hydrogens is 346 g/mol. The highest BCUT2D eigenvalue weighted by Gasteiger charge is 2.43. The second-order valence-corrected chi connectivity index (χ2v) is 7.82. The predicted molar refractivity (Wildman–Crippen MR) is 99.3 cm³/mol. The molecular formula is C21H27NO5. The third-order valence-electron chi connectivity index (χ3n) is 6.00. The molecule has 1 spiro atoms. The number of carbonyl (C=O) groups excluding carboxylic acids is 2. The Balaban J connectivity index is 1.39. The molecule has 6 heteroatoms. The third-order valence-corrected chi connectivity index (χ3v) is 6.00. The van der Waals surface area contributed by atoms with Crippen molar-refractivity contribution in [2.24, 2.45) is 0 Å². The van der Waals surface area contributed by atoms with E-state index in [1.807, 2.05) is 4.90 Å². The van der Waals surface area contributed by atoms with Gasteiger partial charge in [-0.2, -0.15) is 0 Å². The smallest absolute Gasteiger partial charge is 0.225 e. The number of piperidine rings is 1. The van der Waals surface area contributed by atoms with Crippen molar-refractivity contribution < 1.29 is 23.8 Å². The first kappa shape index (κ1) is 18.3. The predicted octanol–water partition coefficient (Wildman–Crippen LogP) is 2.98. The van der Waals surface area contributed by atoms with Crippen LogP contribution in [0.4, 0.5) is 0 Å². The van der Waals surface area contributed by atoms with E-state index in [1.54, 1.807) is 25.3 Å². The van der Waals surface area contributed by atoms with Crippen LogP contribution in [-0.4, -0.2) is 55.1 Å². The number of ether oxygens (including phenoxy) is 3. The number of carbonyl (C=O) groups is 2. The maximum absolute atomic E-state index is 12.6. The summed E-state index contributed by atoms with van der Waals surface area (Å²) < 4.78 is 17.2. The molecule has 146 valence electrons. The van der Waals surface area contributed by atoms with Crippen LogP contribution in [0.15, 0.2) is 18.2 Å². The van der Waals surface area contributed by atoms with Gasteiger partial charge in [-0.1, -0.05) is 0 Å². The molecule has 1 aromatic carbocycles. The van der Waals surface area contributed by atoms with Gasteiger partial charge in [0.05, 0.1) is 31.6 Å². The van der Waals surface area contributed by atoms with E-state index < -0.39 is 5.60 Å². The van der Waals surface area contributed by atoms with Crippen molar-refractivity contribution in [2.75, 3.05) is 26.8 Å². The lowest BCUT2D eigenvalue weighted by Gasteiger charge is -2.44. The maximum atomic E-state index is 12.6. The van der Waals surface area contributed by atoms with Crippen molar-refractivity contribution in [1.82, 2.24) is 4.90 Å². The molecule has 4 rings (SSSR count). The van der Waals surface area contributed by atoms with Gasteiger partial charge in [0.25, 0.3) is 0 Å². The van der Waals surface area contributed by atoms with E-state index in [0.717, 1.165) is 25.9 Å². The molecule has 0 N–H and O–H groups in total. The lowest BCUT2D eigenvalue weighted by molar-refractivity contribution is -0.138. The summed E-state index contributed by atoms with van der Waals surface area (Å²) in [5.74, 6) is 1.54. The van der Waals surface area contributed by atoms with E-state index in [2.05, 4.69) is 0 Å². The molecule has 1 atom stereocenters. The highest BCUT2D eigenvalue weighted by atomic mass is 16.5. The average Bonchev–Trinajstić information content (AvgIpc) is 2.68. The van der Waals surface area contributed by atoms with Gasteiger partial charge in [-0.05, 0) is 31.4 Å². The third kappa shape index (κ3) is 3.81. The Bertz CT molecular complexity index is 717. The molecule has 27 heavy (non-hydrogen) atoms. The summed E-state index contributed by atoms with van der Waals surface area (Å²) >= 11 is 0. The molecule has 0 unspecified atom stereocenters. The lowest BCUT2D eigenvalue weighted by atomic mass is 9.82. The average molecular weight is 373 g/mol. The van der Waals surface area contributed by atoms with E-state index >= 15 is 0 Å². The minimum absolute atomic E-state index is 0.0639. The van der Waals surface area contributed by atoms with Crippen molar-refractivity contribution in [3.05, 3.63) is 23.8 Å². The summed E-state index contributed by atoms with van der Waals surface area (Å²) in [4.78, 5) is 27.1. The zero-order valence-electron chi connectivity index (χ0n) is 15.9. The van der Waals surface area contributed by atoms with E-state index in [4.69, 9.17) is 14.2 Å². The van der Waals surface area contributed by atoms with Crippen LogP contribution < -0.4 is 9.47 Å². The van der Waals surface area contributed by atoms with Gasteiger partial charge in [0.15, 0.2) is 5.78 Å². The number of nitrogens with zero attached hydrogens (tertiary/aromatic N) is 1. The van der Waals surface area contributed by atoms with Crippen LogP contribution in [0.25, 0.3) is 0 Å². The quantitative estimate of drug-likeness (QED) is 0.815. The van der Waals surface area contributed by atoms with Crippen LogP contribution >= 0.6 is 0 Å². The van der Waals surface area contributed by atoms with Gasteiger partial charge in [0.2, 0.25) is 5.91 Å². The molecule has 3 heterocycles. The van der Waals surface area contributed by atoms with E-state index in [1.165, 1.54) is 0 Å². The Labute approximate surface area is 159 Å². The second kappa shape index (κ2) is 7.50. The fraction of sp³-hybridized carbons (Fsp3) is 0.619. The largest absolute Gasteiger partial charge is 0.497 e. The summed E-state index contributed by atoms with van der Waals surface area (Å²) in [6.45, 7) is 2.01. The zero-order chi connectivity index (χ0) is 18.9. The number of methoxy groups -OCH3 is 1. The molecule has 0 saturated carbocycles. The number of fused-ring (bicyclic) bond motifs is 1. The fourth-order valence-electron chi connectivity index (χ4n) is 4.34. The number of ketones is 1. The van der Waals surface area contributed by atoms with Gasteiger partial charge in [-0.15, -0.1) is 0 Å². The lowest BCUT2D eigenvalue weighted by Crippen LogP contribution is -2.52. The van der Waals surface area contributed by atoms with Crippen LogP contribution in [0.5, 0.6) is 11.5 Å². The first-order valence-corrected chi connectivity index (χ1v) is 9.88. The SMILES string of the molecule is COc1ccc2c(c1)OC1(CCN(C(=O)C[C@@H]3CCCCO3)CC1)CC2=O.